The third-order valence-corrected chi connectivity index (χ3v) is 6.60. The van der Waals surface area contributed by atoms with Crippen molar-refractivity contribution < 1.29 is 24.6 Å². The fourth-order valence-corrected chi connectivity index (χ4v) is 4.38. The molecule has 0 aromatic rings. The number of carbonyl (C=O) groups is 3. The molecule has 0 saturated heterocycles. The third-order valence-electron chi connectivity index (χ3n) is 6.06. The molecule has 0 aliphatic heterocycles. The van der Waals surface area contributed by atoms with E-state index in [0.29, 0.717) is 19.3 Å². The molecule has 0 amide bonds. The summed E-state index contributed by atoms with van der Waals surface area (Å²) in [4.78, 5) is 34.5. The minimum absolute atomic E-state index is 0.219. The van der Waals surface area contributed by atoms with E-state index in [2.05, 4.69) is 6.58 Å². The van der Waals surface area contributed by atoms with Crippen molar-refractivity contribution in [3.8, 4) is 0 Å². The van der Waals surface area contributed by atoms with Crippen LogP contribution in [-0.2, 0) is 14.4 Å². The van der Waals surface area contributed by atoms with Crippen LogP contribution in [0.25, 0.3) is 0 Å². The monoisotopic (exact) mass is 550 g/mol. The van der Waals surface area contributed by atoms with E-state index >= 15 is 0 Å². The fourth-order valence-electron chi connectivity index (χ4n) is 3.99. The molecule has 0 unspecified atom stereocenters. The standard InChI is InChI=1S/C25H43IO5/c1-2-3-4-5-6-8-11-14-17-20-25(23(28)29,24(30)31)21-18-15-12-9-7-10-13-16-19-22(26)27/h2H,1,3-21H2,(H,28,29)(H,30,31). The Bertz CT molecular complexity index is 504. The van der Waals surface area contributed by atoms with Crippen molar-refractivity contribution in [2.45, 2.75) is 122 Å². The quantitative estimate of drug-likeness (QED) is 0.0447. The smallest absolute Gasteiger partial charge is 0.321 e. The van der Waals surface area contributed by atoms with Crippen LogP contribution in [0.15, 0.2) is 12.7 Å². The van der Waals surface area contributed by atoms with E-state index in [1.807, 2.05) is 28.7 Å². The number of allylic oxidation sites excluding steroid dienone is 1. The summed E-state index contributed by atoms with van der Waals surface area (Å²) in [5, 5.41) is 19.3. The van der Waals surface area contributed by atoms with Crippen molar-refractivity contribution in [1.29, 1.82) is 0 Å². The molecule has 0 spiro atoms. The van der Waals surface area contributed by atoms with E-state index in [4.69, 9.17) is 0 Å². The van der Waals surface area contributed by atoms with Gasteiger partial charge in [0.05, 0.1) is 0 Å². The Labute approximate surface area is 202 Å². The van der Waals surface area contributed by atoms with Gasteiger partial charge >= 0.3 is 11.9 Å². The summed E-state index contributed by atoms with van der Waals surface area (Å²) >= 11 is 1.84. The number of unbranched alkanes of at least 4 members (excludes halogenated alkanes) is 14. The lowest BCUT2D eigenvalue weighted by Crippen LogP contribution is -2.39. The predicted octanol–water partition coefficient (Wildman–Crippen LogP) is 7.70. The van der Waals surface area contributed by atoms with E-state index in [0.717, 1.165) is 70.6 Å². The highest BCUT2D eigenvalue weighted by molar-refractivity contribution is 14.1. The minimum Gasteiger partial charge on any atom is -0.480 e. The molecule has 0 aromatic heterocycles. The van der Waals surface area contributed by atoms with E-state index in [1.54, 1.807) is 0 Å². The van der Waals surface area contributed by atoms with Crippen molar-refractivity contribution in [3.63, 3.8) is 0 Å². The normalized spacial score (nSPS) is 11.4. The summed E-state index contributed by atoms with van der Waals surface area (Å²) in [5.74, 6) is -2.37. The van der Waals surface area contributed by atoms with Crippen LogP contribution in [-0.4, -0.2) is 25.9 Å². The van der Waals surface area contributed by atoms with Gasteiger partial charge in [-0.2, -0.15) is 0 Å². The first kappa shape index (κ1) is 30.1. The van der Waals surface area contributed by atoms with Gasteiger partial charge in [-0.15, -0.1) is 6.58 Å². The molecule has 0 heterocycles. The van der Waals surface area contributed by atoms with Crippen LogP contribution in [0, 0.1) is 5.41 Å². The zero-order valence-corrected chi connectivity index (χ0v) is 21.4. The highest BCUT2D eigenvalue weighted by Crippen LogP contribution is 2.33. The molecule has 0 aromatic carbocycles. The van der Waals surface area contributed by atoms with Crippen LogP contribution in [0.1, 0.15) is 122 Å². The van der Waals surface area contributed by atoms with Crippen molar-refractivity contribution >= 4 is 38.3 Å². The second kappa shape index (κ2) is 19.7. The molecule has 180 valence electrons. The number of hydrogen-bond donors (Lipinski definition) is 2. The van der Waals surface area contributed by atoms with Gasteiger partial charge in [0.15, 0.2) is 9.20 Å². The Balaban J connectivity index is 4.05. The first-order valence-electron chi connectivity index (χ1n) is 12.1. The molecule has 31 heavy (non-hydrogen) atoms. The molecule has 0 saturated carbocycles. The second-order valence-electron chi connectivity index (χ2n) is 8.68. The summed E-state index contributed by atoms with van der Waals surface area (Å²) in [7, 11) is 0. The van der Waals surface area contributed by atoms with E-state index < -0.39 is 17.4 Å². The molecule has 0 radical (unpaired) electrons. The zero-order valence-electron chi connectivity index (χ0n) is 19.2. The molecule has 0 fully saturated rings. The maximum absolute atomic E-state index is 11.8. The lowest BCUT2D eigenvalue weighted by atomic mass is 9.78. The number of aliphatic carboxylic acids is 2. The third kappa shape index (κ3) is 15.5. The average molecular weight is 551 g/mol. The van der Waals surface area contributed by atoms with Crippen molar-refractivity contribution in [2.75, 3.05) is 0 Å². The van der Waals surface area contributed by atoms with Crippen LogP contribution in [0.2, 0.25) is 0 Å². The van der Waals surface area contributed by atoms with Gasteiger partial charge in [0.25, 0.3) is 0 Å². The van der Waals surface area contributed by atoms with E-state index in [-0.39, 0.29) is 16.6 Å². The number of hydrogen-bond acceptors (Lipinski definition) is 3. The molecule has 0 aliphatic carbocycles. The topological polar surface area (TPSA) is 91.7 Å². The van der Waals surface area contributed by atoms with Gasteiger partial charge in [-0.3, -0.25) is 14.4 Å². The summed E-state index contributed by atoms with van der Waals surface area (Å²) in [6.07, 6.45) is 19.2. The van der Waals surface area contributed by atoms with Gasteiger partial charge in [-0.25, -0.2) is 0 Å². The van der Waals surface area contributed by atoms with Gasteiger partial charge in [0.2, 0.25) is 0 Å². The first-order chi connectivity index (χ1) is 14.9. The summed E-state index contributed by atoms with van der Waals surface area (Å²) in [6, 6.07) is 0. The van der Waals surface area contributed by atoms with Gasteiger partial charge in [0, 0.05) is 6.42 Å². The largest absolute Gasteiger partial charge is 0.480 e. The van der Waals surface area contributed by atoms with Crippen molar-refractivity contribution in [2.24, 2.45) is 5.41 Å². The van der Waals surface area contributed by atoms with Crippen LogP contribution in [0.3, 0.4) is 0 Å². The Kier molecular flexibility index (Phi) is 19.2. The molecule has 0 rings (SSSR count). The molecular formula is C25H43IO5. The highest BCUT2D eigenvalue weighted by Gasteiger charge is 2.45. The first-order valence-corrected chi connectivity index (χ1v) is 13.2. The minimum atomic E-state index is -1.63. The van der Waals surface area contributed by atoms with Crippen molar-refractivity contribution in [3.05, 3.63) is 12.7 Å². The van der Waals surface area contributed by atoms with Crippen LogP contribution in [0.5, 0.6) is 0 Å². The number of rotatable bonds is 23. The van der Waals surface area contributed by atoms with Gasteiger partial charge in [-0.05, 0) is 54.7 Å². The Morgan fingerprint density at radius 1 is 0.645 bits per heavy atom. The predicted molar refractivity (Wildman–Crippen MR) is 135 cm³/mol. The molecule has 6 heteroatoms. The molecular weight excluding hydrogens is 507 g/mol. The Morgan fingerprint density at radius 2 is 1.00 bits per heavy atom. The summed E-state index contributed by atoms with van der Waals surface area (Å²) < 4.78 is 0.220. The van der Waals surface area contributed by atoms with Crippen molar-refractivity contribution in [1.82, 2.24) is 0 Å². The number of carboxylic acid groups (broad SMARTS) is 2. The maximum atomic E-state index is 11.8. The molecule has 0 aliphatic rings. The number of halogens is 1. The van der Waals surface area contributed by atoms with Crippen LogP contribution < -0.4 is 0 Å². The SMILES string of the molecule is C=CCCCCCCCCCC(CCCCCCCCCCC(=O)I)(C(=O)O)C(=O)O. The fraction of sp³-hybridized carbons (Fsp3) is 0.800. The summed E-state index contributed by atoms with van der Waals surface area (Å²) in [5.41, 5.74) is -1.63. The van der Waals surface area contributed by atoms with Gasteiger partial charge in [0.1, 0.15) is 0 Å². The highest BCUT2D eigenvalue weighted by atomic mass is 127. The lowest BCUT2D eigenvalue weighted by molar-refractivity contribution is -0.166. The molecule has 0 bridgehead atoms. The summed E-state index contributed by atoms with van der Waals surface area (Å²) in [6.45, 7) is 3.72. The van der Waals surface area contributed by atoms with Crippen LogP contribution >= 0.6 is 22.6 Å². The number of carbonyl (C=O) groups excluding carboxylic acids is 1. The second-order valence-corrected chi connectivity index (χ2v) is 9.88. The lowest BCUT2D eigenvalue weighted by Gasteiger charge is -2.25. The van der Waals surface area contributed by atoms with Crippen LogP contribution in [0.4, 0.5) is 0 Å². The van der Waals surface area contributed by atoms with Gasteiger partial charge < -0.3 is 10.2 Å². The molecule has 5 nitrogen and oxygen atoms in total. The maximum Gasteiger partial charge on any atom is 0.321 e. The zero-order chi connectivity index (χ0) is 23.4. The molecule has 2 N–H and O–H groups in total. The average Bonchev–Trinajstić information content (AvgIpc) is 2.71. The van der Waals surface area contributed by atoms with E-state index in [9.17, 15) is 24.6 Å². The number of carboxylic acids is 2. The Hall–Kier alpha value is -0.920. The molecule has 0 atom stereocenters. The van der Waals surface area contributed by atoms with E-state index in [1.165, 1.54) is 19.3 Å². The Morgan fingerprint density at radius 3 is 1.35 bits per heavy atom. The van der Waals surface area contributed by atoms with Gasteiger partial charge in [-0.1, -0.05) is 89.5 Å².